The molecule has 5 saturated heterocycles. The van der Waals surface area contributed by atoms with E-state index in [9.17, 15) is 76.6 Å². The molecule has 0 spiro atoms. The van der Waals surface area contributed by atoms with Crippen molar-refractivity contribution in [3.05, 3.63) is 11.6 Å². The molecule has 5 heterocycles. The van der Waals surface area contributed by atoms with Gasteiger partial charge in [-0.1, -0.05) is 60.1 Å². The highest BCUT2D eigenvalue weighted by Crippen LogP contribution is 2.76. The molecule has 0 aromatic heterocycles. The van der Waals surface area contributed by atoms with Gasteiger partial charge >= 0.3 is 5.97 Å². The lowest BCUT2D eigenvalue weighted by atomic mass is 9.33. The Morgan fingerprint density at radius 2 is 1.05 bits per heavy atom. The number of ether oxygens (including phenoxy) is 10. The van der Waals surface area contributed by atoms with Crippen LogP contribution in [0.1, 0.15) is 120 Å². The number of fused-ring (bicyclic) bond motifs is 7. The minimum absolute atomic E-state index is 0.170. The van der Waals surface area contributed by atoms with E-state index < -0.39 is 191 Å². The van der Waals surface area contributed by atoms with Crippen LogP contribution in [-0.2, 0) is 52.2 Å². The predicted octanol–water partition coefficient (Wildman–Crippen LogP) is -2.54. The number of hydrogen-bond acceptors (Lipinski definition) is 26. The summed E-state index contributed by atoms with van der Waals surface area (Å²) >= 11 is 0. The van der Waals surface area contributed by atoms with Crippen LogP contribution in [0.5, 0.6) is 0 Å². The molecule has 15 N–H and O–H groups in total. The molecule has 0 aromatic rings. The Labute approximate surface area is 494 Å². The van der Waals surface area contributed by atoms with Crippen LogP contribution in [0.3, 0.4) is 0 Å². The molecule has 0 amide bonds. The van der Waals surface area contributed by atoms with E-state index in [0.717, 1.165) is 25.7 Å². The molecule has 5 aliphatic heterocycles. The van der Waals surface area contributed by atoms with Crippen LogP contribution in [0.2, 0.25) is 0 Å². The zero-order chi connectivity index (χ0) is 62.0. The zero-order valence-corrected chi connectivity index (χ0v) is 49.8. The van der Waals surface area contributed by atoms with Gasteiger partial charge in [0.05, 0.1) is 44.1 Å². The second-order valence-corrected chi connectivity index (χ2v) is 28.6. The lowest BCUT2D eigenvalue weighted by Crippen LogP contribution is -2.67. The van der Waals surface area contributed by atoms with Gasteiger partial charge in [-0.05, 0) is 116 Å². The van der Waals surface area contributed by atoms with Crippen molar-refractivity contribution in [1.29, 1.82) is 0 Å². The third-order valence-electron chi connectivity index (χ3n) is 23.1. The van der Waals surface area contributed by atoms with Gasteiger partial charge in [0.1, 0.15) is 104 Å². The first-order valence-corrected chi connectivity index (χ1v) is 30.6. The fourth-order valence-corrected chi connectivity index (χ4v) is 17.6. The third kappa shape index (κ3) is 11.1. The highest BCUT2D eigenvalue weighted by Gasteiger charge is 2.70. The van der Waals surface area contributed by atoms with Crippen LogP contribution in [0, 0.1) is 50.2 Å². The Morgan fingerprint density at radius 3 is 1.61 bits per heavy atom. The monoisotopic (exact) mass is 1220 g/mol. The Hall–Kier alpha value is -1.75. The molecular weight excluding hydrogens is 1120 g/mol. The maximum Gasteiger partial charge on any atom is 0.315 e. The molecule has 26 heteroatoms. The van der Waals surface area contributed by atoms with Crippen LogP contribution < -0.4 is 0 Å². The van der Waals surface area contributed by atoms with Crippen molar-refractivity contribution < 1.29 is 129 Å². The highest BCUT2D eigenvalue weighted by molar-refractivity contribution is 5.79. The minimum Gasteiger partial charge on any atom is -0.432 e. The molecular formula is C59H96O26. The van der Waals surface area contributed by atoms with Crippen molar-refractivity contribution in [2.75, 3.05) is 26.4 Å². The minimum atomic E-state index is -2.00. The molecule has 0 aromatic carbocycles. The fraction of sp³-hybridized carbons (Fsp3) is 0.949. The van der Waals surface area contributed by atoms with Crippen molar-refractivity contribution in [2.24, 2.45) is 50.2 Å². The predicted molar refractivity (Wildman–Crippen MR) is 288 cm³/mol. The van der Waals surface area contributed by atoms with Gasteiger partial charge in [-0.25, -0.2) is 0 Å². The lowest BCUT2D eigenvalue weighted by Gasteiger charge is -2.71. The van der Waals surface area contributed by atoms with Crippen molar-refractivity contribution in [3.63, 3.8) is 0 Å². The molecule has 5 aliphatic carbocycles. The standard InChI is InChI=1S/C59H96O26/c1-24-34(63)46(83-50-44(73)41(70)37(66)29(22-62)80-50)45(74)51(77-24)84-47-38(67)30(81-48-42(71)39(68)35(64)27(20-60)78-48)23-76-52(47)85-53(75)59-17-15-54(2,3)19-26(59)25-9-10-32-56(6)13-12-33(82-49-43(72)40(69)36(65)28(21-61)79-49)55(4,5)31(56)11-14-58(32,8)57(25,7)16-18-59/h9,24,26-52,60-74H,10-23H2,1-8H3/t24-,26-,27+,28+,29+,30+,31-,32+,33-,34-,35+,36+,37+,38-,39-,40-,41-,42+,43+,44+,45+,46+,47+,48-,49-,50-,51-,52-,56-,57+,58+,59-/m0/s1. The van der Waals surface area contributed by atoms with Crippen molar-refractivity contribution in [1.82, 2.24) is 0 Å². The quantitative estimate of drug-likeness (QED) is 0.0513. The maximum atomic E-state index is 15.7. The summed E-state index contributed by atoms with van der Waals surface area (Å²) in [5.41, 5.74) is -1.30. The average molecular weight is 1220 g/mol. The largest absolute Gasteiger partial charge is 0.432 e. The van der Waals surface area contributed by atoms with E-state index in [1.807, 2.05) is 0 Å². The van der Waals surface area contributed by atoms with Gasteiger partial charge in [-0.2, -0.15) is 0 Å². The SMILES string of the molecule is C[C@@H]1O[C@@H](O[C@H]2[C@H](OC(=O)[C@]34CCC(C)(C)C[C@H]3C3=CC[C@@H]5[C@@]6(C)CC[C@H](O[C@@H]7O[C@H](CO)[C@@H](O)[C@H](O)[C@H]7O)C(C)(C)[C@@H]6CC[C@@]5(C)[C@]3(C)CC4)OC[C@@H](O[C@@H]3O[C@H](CO)[C@@H](O)[C@H](O)[C@H]3O)[C@@H]2O)[C@H](O)[C@H](O[C@@H]2O[C@H](CO)[C@@H](O)[C@H](O)[C@H]2O)[C@H]1O. The highest BCUT2D eigenvalue weighted by atomic mass is 16.8. The first kappa shape index (κ1) is 66.2. The topological polar surface area (TPSA) is 413 Å². The van der Waals surface area contributed by atoms with E-state index in [-0.39, 0.29) is 45.5 Å². The average Bonchev–Trinajstić information content (AvgIpc) is 0.691. The molecule has 26 nitrogen and oxygen atoms in total. The Morgan fingerprint density at radius 1 is 0.529 bits per heavy atom. The van der Waals surface area contributed by atoms with E-state index in [1.165, 1.54) is 12.5 Å². The summed E-state index contributed by atoms with van der Waals surface area (Å²) < 4.78 is 60.5. The van der Waals surface area contributed by atoms with Crippen LogP contribution in [0.15, 0.2) is 11.6 Å². The van der Waals surface area contributed by atoms with Gasteiger partial charge in [0.2, 0.25) is 6.29 Å². The Balaban J connectivity index is 0.917. The van der Waals surface area contributed by atoms with E-state index in [4.69, 9.17) is 47.4 Å². The Kier molecular flexibility index (Phi) is 19.0. The maximum absolute atomic E-state index is 15.7. The summed E-state index contributed by atoms with van der Waals surface area (Å²) in [5, 5.41) is 161. The lowest BCUT2D eigenvalue weighted by molar-refractivity contribution is -0.383. The molecule has 488 valence electrons. The zero-order valence-electron chi connectivity index (χ0n) is 49.8. The first-order chi connectivity index (χ1) is 39.8. The summed E-state index contributed by atoms with van der Waals surface area (Å²) in [6.45, 7) is 14.7. The molecule has 10 aliphatic rings. The van der Waals surface area contributed by atoms with Crippen molar-refractivity contribution in [3.8, 4) is 0 Å². The molecule has 10 rings (SSSR count). The van der Waals surface area contributed by atoms with Gasteiger partial charge in [-0.15, -0.1) is 0 Å². The summed E-state index contributed by atoms with van der Waals surface area (Å²) in [6, 6.07) is 0. The van der Waals surface area contributed by atoms with E-state index in [0.29, 0.717) is 38.5 Å². The number of carbonyl (C=O) groups excluding carboxylic acids is 1. The number of hydrogen-bond donors (Lipinski definition) is 15. The van der Waals surface area contributed by atoms with Gasteiger partial charge in [0.25, 0.3) is 0 Å². The smallest absolute Gasteiger partial charge is 0.315 e. The molecule has 9 fully saturated rings. The molecule has 32 atom stereocenters. The second kappa shape index (κ2) is 24.4. The van der Waals surface area contributed by atoms with Gasteiger partial charge in [-0.3, -0.25) is 4.79 Å². The number of aliphatic hydroxyl groups is 15. The van der Waals surface area contributed by atoms with Crippen molar-refractivity contribution >= 4 is 5.97 Å². The van der Waals surface area contributed by atoms with Gasteiger partial charge < -0.3 is 124 Å². The van der Waals surface area contributed by atoms with Gasteiger partial charge in [0.15, 0.2) is 31.3 Å². The number of aliphatic hydroxyl groups excluding tert-OH is 15. The molecule has 85 heavy (non-hydrogen) atoms. The van der Waals surface area contributed by atoms with Crippen LogP contribution in [0.4, 0.5) is 0 Å². The molecule has 0 radical (unpaired) electrons. The van der Waals surface area contributed by atoms with E-state index in [2.05, 4.69) is 54.5 Å². The van der Waals surface area contributed by atoms with Crippen LogP contribution in [-0.4, -0.2) is 263 Å². The fourth-order valence-electron chi connectivity index (χ4n) is 17.6. The number of rotatable bonds is 13. The Bertz CT molecular complexity index is 2360. The second-order valence-electron chi connectivity index (χ2n) is 28.6. The number of carbonyl (C=O) groups is 1. The summed E-state index contributed by atoms with van der Waals surface area (Å²) in [4.78, 5) is 15.7. The summed E-state index contributed by atoms with van der Waals surface area (Å²) in [6.07, 6.45) is -31.0. The summed E-state index contributed by atoms with van der Waals surface area (Å²) in [5.74, 6) is -0.530. The molecule has 4 saturated carbocycles. The third-order valence-corrected chi connectivity index (χ3v) is 23.1. The van der Waals surface area contributed by atoms with Crippen molar-refractivity contribution in [2.45, 2.75) is 273 Å². The first-order valence-electron chi connectivity index (χ1n) is 30.6. The van der Waals surface area contributed by atoms with Gasteiger partial charge in [0, 0.05) is 0 Å². The van der Waals surface area contributed by atoms with Crippen LogP contribution in [0.25, 0.3) is 0 Å². The van der Waals surface area contributed by atoms with E-state index in [1.54, 1.807) is 0 Å². The van der Waals surface area contributed by atoms with E-state index >= 15 is 4.79 Å². The number of allylic oxidation sites excluding steroid dienone is 2. The molecule has 0 bridgehead atoms. The number of esters is 1. The normalized spacial score (nSPS) is 54.1. The molecule has 0 unspecified atom stereocenters. The summed E-state index contributed by atoms with van der Waals surface area (Å²) in [7, 11) is 0. The van der Waals surface area contributed by atoms with Crippen LogP contribution >= 0.6 is 0 Å².